The van der Waals surface area contributed by atoms with Crippen molar-refractivity contribution in [2.24, 2.45) is 5.92 Å². The molecule has 1 aromatic heterocycles. The van der Waals surface area contributed by atoms with Crippen LogP contribution in [0.2, 0.25) is 0 Å². The van der Waals surface area contributed by atoms with Crippen LogP contribution < -0.4 is 5.32 Å². The molecule has 1 fully saturated rings. The van der Waals surface area contributed by atoms with Crippen molar-refractivity contribution in [1.82, 2.24) is 13.6 Å². The van der Waals surface area contributed by atoms with Crippen molar-refractivity contribution in [1.29, 1.82) is 0 Å². The lowest BCUT2D eigenvalue weighted by Crippen LogP contribution is -2.47. The molecule has 0 bridgehead atoms. The van der Waals surface area contributed by atoms with Gasteiger partial charge in [0.2, 0.25) is 5.91 Å². The maximum absolute atomic E-state index is 12.6. The second-order valence-electron chi connectivity index (χ2n) is 6.43. The van der Waals surface area contributed by atoms with E-state index in [0.29, 0.717) is 25.1 Å². The molecule has 0 aliphatic carbocycles. The second-order valence-corrected chi connectivity index (χ2v) is 9.29. The van der Waals surface area contributed by atoms with Gasteiger partial charge in [-0.2, -0.15) is 17.0 Å². The van der Waals surface area contributed by atoms with Crippen molar-refractivity contribution in [2.45, 2.75) is 12.8 Å². The van der Waals surface area contributed by atoms with Crippen LogP contribution in [0, 0.1) is 5.92 Å². The molecule has 1 saturated heterocycles. The van der Waals surface area contributed by atoms with E-state index in [1.165, 1.54) is 34.0 Å². The molecule has 0 radical (unpaired) electrons. The first kappa shape index (κ1) is 19.0. The first-order valence-corrected chi connectivity index (χ1v) is 10.7. The zero-order chi connectivity index (χ0) is 18.7. The Bertz CT molecular complexity index is 849. The van der Waals surface area contributed by atoms with Gasteiger partial charge in [-0.1, -0.05) is 12.1 Å². The van der Waals surface area contributed by atoms with Gasteiger partial charge in [0.15, 0.2) is 0 Å². The van der Waals surface area contributed by atoms with E-state index in [4.69, 9.17) is 0 Å². The molecule has 7 nitrogen and oxygen atoms in total. The zero-order valence-corrected chi connectivity index (χ0v) is 16.4. The highest BCUT2D eigenvalue weighted by Gasteiger charge is 2.33. The number of rotatable bonds is 5. The molecule has 0 unspecified atom stereocenters. The Morgan fingerprint density at radius 3 is 2.65 bits per heavy atom. The van der Waals surface area contributed by atoms with Gasteiger partial charge in [0, 0.05) is 43.8 Å². The van der Waals surface area contributed by atoms with E-state index in [9.17, 15) is 13.2 Å². The van der Waals surface area contributed by atoms with Crippen LogP contribution in [0.1, 0.15) is 12.8 Å². The Balaban J connectivity index is 1.64. The summed E-state index contributed by atoms with van der Waals surface area (Å²) in [6.45, 7) is 0.663. The fourth-order valence-corrected chi connectivity index (χ4v) is 4.67. The van der Waals surface area contributed by atoms with E-state index in [1.54, 1.807) is 5.51 Å². The topological polar surface area (TPSA) is 82.6 Å². The average molecular weight is 395 g/mol. The van der Waals surface area contributed by atoms with Gasteiger partial charge in [-0.3, -0.25) is 4.79 Å². The van der Waals surface area contributed by atoms with Crippen LogP contribution in [0.25, 0.3) is 11.3 Å². The summed E-state index contributed by atoms with van der Waals surface area (Å²) < 4.78 is 27.1. The van der Waals surface area contributed by atoms with Gasteiger partial charge in [-0.25, -0.2) is 4.98 Å². The van der Waals surface area contributed by atoms with E-state index >= 15 is 0 Å². The van der Waals surface area contributed by atoms with Gasteiger partial charge in [0.05, 0.1) is 17.1 Å². The number of carbonyl (C=O) groups is 1. The largest absolute Gasteiger partial charge is 0.326 e. The summed E-state index contributed by atoms with van der Waals surface area (Å²) in [5.74, 6) is -0.498. The zero-order valence-electron chi connectivity index (χ0n) is 14.8. The number of carbonyl (C=O) groups excluding carboxylic acids is 1. The summed E-state index contributed by atoms with van der Waals surface area (Å²) >= 11 is 1.53. The lowest BCUT2D eigenvalue weighted by molar-refractivity contribution is -0.120. The number of nitrogens with one attached hydrogen (secondary N) is 1. The smallest absolute Gasteiger partial charge is 0.281 e. The molecule has 1 aliphatic heterocycles. The Kier molecular flexibility index (Phi) is 5.71. The number of amides is 1. The number of thiazole rings is 1. The third-order valence-corrected chi connectivity index (χ3v) is 6.92. The van der Waals surface area contributed by atoms with Crippen LogP contribution >= 0.6 is 11.3 Å². The minimum Gasteiger partial charge on any atom is -0.326 e. The van der Waals surface area contributed by atoms with Crippen LogP contribution in [0.3, 0.4) is 0 Å². The highest BCUT2D eigenvalue weighted by atomic mass is 32.2. The summed E-state index contributed by atoms with van der Waals surface area (Å²) in [5.41, 5.74) is 4.37. The quantitative estimate of drug-likeness (QED) is 0.843. The van der Waals surface area contributed by atoms with Crippen molar-refractivity contribution in [2.75, 3.05) is 32.5 Å². The van der Waals surface area contributed by atoms with Gasteiger partial charge in [-0.05, 0) is 25.0 Å². The highest BCUT2D eigenvalue weighted by Crippen LogP contribution is 2.24. The van der Waals surface area contributed by atoms with Crippen molar-refractivity contribution >= 4 is 33.1 Å². The van der Waals surface area contributed by atoms with Crippen LogP contribution in [-0.2, 0) is 15.0 Å². The Labute approximate surface area is 157 Å². The first-order valence-electron chi connectivity index (χ1n) is 8.35. The summed E-state index contributed by atoms with van der Waals surface area (Å²) in [7, 11) is -0.483. The monoisotopic (exact) mass is 394 g/mol. The molecule has 3 rings (SSSR count). The standard InChI is InChI=1S/C17H22N4O3S2/c1-20(2)26(23,24)21-9-3-4-14(10-21)17(22)19-15-7-5-13(6-8-15)16-11-25-12-18-16/h5-8,11-12,14H,3-4,9-10H2,1-2H3,(H,19,22)/t14-/m1/s1. The summed E-state index contributed by atoms with van der Waals surface area (Å²) in [5, 5.41) is 4.86. The Morgan fingerprint density at radius 1 is 1.31 bits per heavy atom. The summed E-state index contributed by atoms with van der Waals surface area (Å²) in [6.07, 6.45) is 1.36. The fourth-order valence-electron chi connectivity index (χ4n) is 2.92. The molecule has 2 aromatic rings. The number of anilines is 1. The second kappa shape index (κ2) is 7.83. The van der Waals surface area contributed by atoms with Crippen LogP contribution in [-0.4, -0.2) is 55.1 Å². The molecule has 26 heavy (non-hydrogen) atoms. The Morgan fingerprint density at radius 2 is 2.04 bits per heavy atom. The van der Waals surface area contributed by atoms with E-state index in [2.05, 4.69) is 10.3 Å². The first-order chi connectivity index (χ1) is 12.4. The SMILES string of the molecule is CN(C)S(=O)(=O)N1CCC[C@@H](C(=O)Nc2ccc(-c3cscn3)cc2)C1. The highest BCUT2D eigenvalue weighted by molar-refractivity contribution is 7.86. The molecule has 1 amide bonds. The molecule has 9 heteroatoms. The maximum Gasteiger partial charge on any atom is 0.281 e. The van der Waals surface area contributed by atoms with Gasteiger partial charge in [-0.15, -0.1) is 11.3 Å². The minimum absolute atomic E-state index is 0.148. The van der Waals surface area contributed by atoms with E-state index in [0.717, 1.165) is 11.3 Å². The third kappa shape index (κ3) is 4.12. The van der Waals surface area contributed by atoms with Crippen LogP contribution in [0.4, 0.5) is 5.69 Å². The van der Waals surface area contributed by atoms with Crippen LogP contribution in [0.15, 0.2) is 35.2 Å². The molecule has 0 spiro atoms. The van der Waals surface area contributed by atoms with E-state index in [1.807, 2.05) is 29.6 Å². The molecule has 2 heterocycles. The van der Waals surface area contributed by atoms with E-state index in [-0.39, 0.29) is 18.4 Å². The molecule has 1 atom stereocenters. The third-order valence-electron chi connectivity index (χ3n) is 4.42. The maximum atomic E-state index is 12.6. The van der Waals surface area contributed by atoms with Gasteiger partial charge >= 0.3 is 0 Å². The minimum atomic E-state index is -3.49. The normalized spacial score (nSPS) is 18.8. The summed E-state index contributed by atoms with van der Waals surface area (Å²) in [4.78, 5) is 16.8. The molecule has 1 N–H and O–H groups in total. The van der Waals surface area contributed by atoms with Crippen LogP contribution in [0.5, 0.6) is 0 Å². The molecular weight excluding hydrogens is 372 g/mol. The van der Waals surface area contributed by atoms with Crippen molar-refractivity contribution in [3.8, 4) is 11.3 Å². The molecule has 140 valence electrons. The fraction of sp³-hybridized carbons (Fsp3) is 0.412. The molecule has 1 aromatic carbocycles. The summed E-state index contributed by atoms with van der Waals surface area (Å²) in [6, 6.07) is 7.50. The van der Waals surface area contributed by atoms with Crippen molar-refractivity contribution in [3.63, 3.8) is 0 Å². The Hall–Kier alpha value is -1.81. The predicted octanol–water partition coefficient (Wildman–Crippen LogP) is 2.27. The van der Waals surface area contributed by atoms with Crippen molar-refractivity contribution in [3.05, 3.63) is 35.2 Å². The van der Waals surface area contributed by atoms with Crippen molar-refractivity contribution < 1.29 is 13.2 Å². The molecule has 0 saturated carbocycles. The number of nitrogens with zero attached hydrogens (tertiary/aromatic N) is 3. The molecular formula is C17H22N4O3S2. The number of piperidine rings is 1. The lowest BCUT2D eigenvalue weighted by atomic mass is 9.98. The average Bonchev–Trinajstić information content (AvgIpc) is 3.17. The lowest BCUT2D eigenvalue weighted by Gasteiger charge is -2.32. The van der Waals surface area contributed by atoms with Gasteiger partial charge in [0.1, 0.15) is 0 Å². The number of hydrogen-bond donors (Lipinski definition) is 1. The van der Waals surface area contributed by atoms with Gasteiger partial charge < -0.3 is 5.32 Å². The number of benzene rings is 1. The number of hydrogen-bond acceptors (Lipinski definition) is 5. The predicted molar refractivity (Wildman–Crippen MR) is 103 cm³/mol. The van der Waals surface area contributed by atoms with Gasteiger partial charge in [0.25, 0.3) is 10.2 Å². The number of aromatic nitrogens is 1. The molecule has 1 aliphatic rings. The van der Waals surface area contributed by atoms with E-state index < -0.39 is 10.2 Å².